The van der Waals surface area contributed by atoms with Gasteiger partial charge in [0.15, 0.2) is 0 Å². The lowest BCUT2D eigenvalue weighted by Gasteiger charge is -2.29. The molecule has 0 nitrogen and oxygen atoms in total. The van der Waals surface area contributed by atoms with Crippen LogP contribution in [0.5, 0.6) is 0 Å². The second-order valence-electron chi connectivity index (χ2n) is 16.5. The maximum absolute atomic E-state index is 2.51. The van der Waals surface area contributed by atoms with E-state index >= 15 is 0 Å². The molecule has 0 spiro atoms. The van der Waals surface area contributed by atoms with Crippen molar-refractivity contribution >= 4 is 0 Å². The second kappa shape index (κ2) is 11.3. The van der Waals surface area contributed by atoms with Crippen LogP contribution in [0.15, 0.2) is 97.1 Å². The first-order valence-corrected chi connectivity index (χ1v) is 18.5. The van der Waals surface area contributed by atoms with Gasteiger partial charge in [-0.3, -0.25) is 0 Å². The highest BCUT2D eigenvalue weighted by Crippen LogP contribution is 2.54. The number of hydrogen-bond acceptors (Lipinski definition) is 0. The summed E-state index contributed by atoms with van der Waals surface area (Å²) in [7, 11) is 0. The molecule has 0 heterocycles. The van der Waals surface area contributed by atoms with Crippen molar-refractivity contribution in [3.63, 3.8) is 0 Å². The van der Waals surface area contributed by atoms with E-state index in [9.17, 15) is 0 Å². The molecule has 0 aromatic heterocycles. The lowest BCUT2D eigenvalue weighted by molar-refractivity contribution is 0.502. The zero-order valence-electron chi connectivity index (χ0n) is 31.1. The van der Waals surface area contributed by atoms with Gasteiger partial charge in [0.1, 0.15) is 0 Å². The summed E-state index contributed by atoms with van der Waals surface area (Å²) in [5.74, 6) is 0. The van der Waals surface area contributed by atoms with Gasteiger partial charge in [0, 0.05) is 10.8 Å². The Balaban J connectivity index is 1.21. The Kier molecular flexibility index (Phi) is 7.71. The predicted octanol–water partition coefficient (Wildman–Crippen LogP) is 13.8. The minimum absolute atomic E-state index is 0.0153. The van der Waals surface area contributed by atoms with Crippen LogP contribution in [0, 0.1) is 0 Å². The van der Waals surface area contributed by atoms with E-state index in [0.717, 1.165) is 25.7 Å². The molecule has 2 aliphatic rings. The lowest BCUT2D eigenvalue weighted by atomic mass is 9.74. The molecule has 2 atom stereocenters. The summed E-state index contributed by atoms with van der Waals surface area (Å²) >= 11 is 0. The van der Waals surface area contributed by atoms with Gasteiger partial charge in [-0.15, -0.1) is 0 Å². The Labute approximate surface area is 290 Å². The van der Waals surface area contributed by atoms with Gasteiger partial charge in [-0.25, -0.2) is 0 Å². The highest BCUT2D eigenvalue weighted by Gasteiger charge is 2.40. The summed E-state index contributed by atoms with van der Waals surface area (Å²) in [4.78, 5) is 0. The van der Waals surface area contributed by atoms with Gasteiger partial charge in [-0.1, -0.05) is 154 Å². The molecule has 48 heavy (non-hydrogen) atoms. The minimum atomic E-state index is 0.0153. The molecule has 0 amide bonds. The van der Waals surface area contributed by atoms with Gasteiger partial charge in [0.25, 0.3) is 0 Å². The average molecular weight is 631 g/mol. The van der Waals surface area contributed by atoms with E-state index in [2.05, 4.69) is 166 Å². The molecule has 0 fully saturated rings. The van der Waals surface area contributed by atoms with Crippen LogP contribution in [0.4, 0.5) is 0 Å². The van der Waals surface area contributed by atoms with Crippen molar-refractivity contribution in [2.45, 2.75) is 117 Å². The van der Waals surface area contributed by atoms with Crippen LogP contribution in [-0.4, -0.2) is 0 Å². The van der Waals surface area contributed by atoms with Crippen molar-refractivity contribution in [3.05, 3.63) is 130 Å². The molecule has 0 heteroatoms. The molecule has 5 aromatic carbocycles. The highest BCUT2D eigenvalue weighted by molar-refractivity contribution is 5.86. The zero-order chi connectivity index (χ0) is 34.2. The molecule has 0 aliphatic heterocycles. The van der Waals surface area contributed by atoms with Crippen molar-refractivity contribution in [3.8, 4) is 44.5 Å². The van der Waals surface area contributed by atoms with Crippen LogP contribution in [0.3, 0.4) is 0 Å². The summed E-state index contributed by atoms with van der Waals surface area (Å²) in [6.07, 6.45) is 4.44. The predicted molar refractivity (Wildman–Crippen MR) is 208 cm³/mol. The number of rotatable bonds is 8. The fourth-order valence-corrected chi connectivity index (χ4v) is 8.46. The molecular weight excluding hydrogens is 577 g/mol. The smallest absolute Gasteiger partial charge is 0.0184 e. The van der Waals surface area contributed by atoms with E-state index in [1.54, 1.807) is 0 Å². The van der Waals surface area contributed by atoms with Gasteiger partial charge in [0.2, 0.25) is 0 Å². The third-order valence-electron chi connectivity index (χ3n) is 13.3. The van der Waals surface area contributed by atoms with Crippen molar-refractivity contribution < 1.29 is 0 Å². The van der Waals surface area contributed by atoms with Crippen LogP contribution in [0.25, 0.3) is 44.5 Å². The van der Waals surface area contributed by atoms with E-state index < -0.39 is 0 Å². The van der Waals surface area contributed by atoms with Crippen molar-refractivity contribution in [1.29, 1.82) is 0 Å². The van der Waals surface area contributed by atoms with E-state index in [1.165, 1.54) is 77.9 Å². The molecule has 0 bridgehead atoms. The molecule has 246 valence electrons. The van der Waals surface area contributed by atoms with E-state index in [1.807, 2.05) is 0 Å². The number of fused-ring (bicyclic) bond motifs is 6. The first-order valence-electron chi connectivity index (χ1n) is 18.5. The van der Waals surface area contributed by atoms with Gasteiger partial charge in [0.05, 0.1) is 0 Å². The standard InChI is InChI=1S/C48H54/c1-11-45(5,6)35-21-25-39-37-23-19-33(27-41(37)47(9,13-3)43(39)29-35)31-15-17-32(18-16-31)34-20-24-38-40-26-22-36(46(7,8)12-2)30-44(40)48(10,14-4)42(38)28-34/h15-30H,11-14H2,1-10H3. The first-order chi connectivity index (χ1) is 22.8. The van der Waals surface area contributed by atoms with Gasteiger partial charge in [-0.05, 0) is 127 Å². The topological polar surface area (TPSA) is 0 Å². The summed E-state index contributed by atoms with van der Waals surface area (Å²) in [6, 6.07) is 38.2. The fraction of sp³-hybridized carbons (Fsp3) is 0.375. The molecule has 2 aliphatic carbocycles. The molecule has 0 saturated heterocycles. The normalized spacial score (nSPS) is 19.5. The average Bonchev–Trinajstić information content (AvgIpc) is 3.52. The maximum atomic E-state index is 2.51. The summed E-state index contributed by atoms with van der Waals surface area (Å²) in [5.41, 5.74) is 20.0. The monoisotopic (exact) mass is 630 g/mol. The molecular formula is C48H54. The number of benzene rings is 5. The molecule has 5 aromatic rings. The van der Waals surface area contributed by atoms with Gasteiger partial charge < -0.3 is 0 Å². The van der Waals surface area contributed by atoms with Gasteiger partial charge in [-0.2, -0.15) is 0 Å². The Hall–Kier alpha value is -3.90. The van der Waals surface area contributed by atoms with E-state index in [-0.39, 0.29) is 21.7 Å². The van der Waals surface area contributed by atoms with Crippen LogP contribution in [0.1, 0.15) is 128 Å². The highest BCUT2D eigenvalue weighted by atomic mass is 14.4. The molecule has 0 N–H and O–H groups in total. The molecule has 2 unspecified atom stereocenters. The largest absolute Gasteiger partial charge is 0.0646 e. The number of hydrogen-bond donors (Lipinski definition) is 0. The van der Waals surface area contributed by atoms with Crippen LogP contribution >= 0.6 is 0 Å². The second-order valence-corrected chi connectivity index (χ2v) is 16.5. The minimum Gasteiger partial charge on any atom is -0.0646 e. The van der Waals surface area contributed by atoms with E-state index in [4.69, 9.17) is 0 Å². The summed E-state index contributed by atoms with van der Waals surface area (Å²) in [5, 5.41) is 0. The Bertz CT molecular complexity index is 1890. The Morgan fingerprint density at radius 2 is 0.688 bits per heavy atom. The van der Waals surface area contributed by atoms with Gasteiger partial charge >= 0.3 is 0 Å². The summed E-state index contributed by atoms with van der Waals surface area (Å²) < 4.78 is 0. The van der Waals surface area contributed by atoms with Crippen LogP contribution in [0.2, 0.25) is 0 Å². The maximum Gasteiger partial charge on any atom is 0.0184 e. The Morgan fingerprint density at radius 1 is 0.396 bits per heavy atom. The third-order valence-corrected chi connectivity index (χ3v) is 13.3. The third kappa shape index (κ3) is 4.77. The van der Waals surface area contributed by atoms with Crippen molar-refractivity contribution in [2.24, 2.45) is 0 Å². The van der Waals surface area contributed by atoms with E-state index in [0.29, 0.717) is 0 Å². The Morgan fingerprint density at radius 3 is 1.00 bits per heavy atom. The van der Waals surface area contributed by atoms with Crippen LogP contribution in [-0.2, 0) is 21.7 Å². The molecule has 0 radical (unpaired) electrons. The fourth-order valence-electron chi connectivity index (χ4n) is 8.46. The van der Waals surface area contributed by atoms with Crippen molar-refractivity contribution in [2.75, 3.05) is 0 Å². The van der Waals surface area contributed by atoms with Crippen molar-refractivity contribution in [1.82, 2.24) is 0 Å². The zero-order valence-corrected chi connectivity index (χ0v) is 31.1. The van der Waals surface area contributed by atoms with Crippen LogP contribution < -0.4 is 0 Å². The molecule has 0 saturated carbocycles. The lowest BCUT2D eigenvalue weighted by Crippen LogP contribution is -2.21. The first kappa shape index (κ1) is 32.6. The SMILES string of the molecule is CCC(C)(C)c1ccc2c(c1)C(C)(CC)c1cc(-c3ccc(-c4ccc5c(c4)C(C)(CC)c4cc(C(C)(C)CC)ccc4-5)cc3)ccc1-2. The summed E-state index contributed by atoms with van der Waals surface area (Å²) in [6.45, 7) is 23.7. The molecule has 7 rings (SSSR count). The quantitative estimate of drug-likeness (QED) is 0.160.